The van der Waals surface area contributed by atoms with Crippen molar-refractivity contribution >= 4 is 11.9 Å². The normalized spacial score (nSPS) is 14.6. The van der Waals surface area contributed by atoms with Crippen LogP contribution in [0.4, 0.5) is 0 Å². The highest BCUT2D eigenvalue weighted by Crippen LogP contribution is 2.34. The zero-order valence-electron chi connectivity index (χ0n) is 12.2. The van der Waals surface area contributed by atoms with Gasteiger partial charge >= 0.3 is 0 Å². The number of aromatic nitrogens is 2. The smallest absolute Gasteiger partial charge is 0.0953 e. The maximum Gasteiger partial charge on any atom is 0.0953 e. The number of benzene rings is 1. The number of hydrogen-bond acceptors (Lipinski definition) is 3. The summed E-state index contributed by atoms with van der Waals surface area (Å²) in [7, 11) is 0. The molecule has 20 heavy (non-hydrogen) atoms. The molecule has 1 heterocycles. The van der Waals surface area contributed by atoms with Gasteiger partial charge in [-0.3, -0.25) is 5.14 Å². The van der Waals surface area contributed by atoms with E-state index in [2.05, 4.69) is 47.7 Å². The van der Waals surface area contributed by atoms with Crippen LogP contribution in [-0.2, 0) is 0 Å². The van der Waals surface area contributed by atoms with Gasteiger partial charge in [-0.1, -0.05) is 56.1 Å². The fraction of sp³-hybridized carbons (Fsp3) is 0.438. The van der Waals surface area contributed by atoms with Gasteiger partial charge in [0.2, 0.25) is 0 Å². The molecule has 0 bridgehead atoms. The van der Waals surface area contributed by atoms with Crippen LogP contribution in [0.5, 0.6) is 0 Å². The van der Waals surface area contributed by atoms with Crippen molar-refractivity contribution in [3.8, 4) is 11.3 Å². The third kappa shape index (κ3) is 3.87. The van der Waals surface area contributed by atoms with Crippen LogP contribution in [0.1, 0.15) is 39.2 Å². The van der Waals surface area contributed by atoms with Crippen LogP contribution in [0.15, 0.2) is 42.9 Å². The standard InChI is InChI=1S/C13H14N2.C3H9NS/c1-2-5-11(6-3-1)13-9-14-10-15(13)12-7-4-8-12;1-3(2)5-4/h1-3,5-6,9-10,12H,4,7-8H2;3H,4H2,1-2H3. The molecule has 2 aromatic rings. The Morgan fingerprint density at radius 3 is 2.40 bits per heavy atom. The van der Waals surface area contributed by atoms with Crippen molar-refractivity contribution in [2.24, 2.45) is 5.14 Å². The summed E-state index contributed by atoms with van der Waals surface area (Å²) in [6.45, 7) is 4.12. The van der Waals surface area contributed by atoms with Gasteiger partial charge in [0.25, 0.3) is 0 Å². The summed E-state index contributed by atoms with van der Waals surface area (Å²) >= 11 is 1.38. The Hall–Kier alpha value is -1.26. The fourth-order valence-electron chi connectivity index (χ4n) is 2.09. The first kappa shape index (κ1) is 15.1. The number of rotatable bonds is 3. The lowest BCUT2D eigenvalue weighted by atomic mass is 9.92. The van der Waals surface area contributed by atoms with Crippen molar-refractivity contribution < 1.29 is 0 Å². The molecule has 4 heteroatoms. The molecule has 1 aromatic heterocycles. The molecule has 0 radical (unpaired) electrons. The second-order valence-corrected chi connectivity index (χ2v) is 6.54. The van der Waals surface area contributed by atoms with Crippen molar-refractivity contribution in [2.75, 3.05) is 0 Å². The zero-order chi connectivity index (χ0) is 14.4. The molecular weight excluding hydrogens is 266 g/mol. The van der Waals surface area contributed by atoms with E-state index in [9.17, 15) is 0 Å². The van der Waals surface area contributed by atoms with Gasteiger partial charge in [0.1, 0.15) is 0 Å². The van der Waals surface area contributed by atoms with E-state index in [1.165, 1.54) is 42.5 Å². The molecule has 1 fully saturated rings. The summed E-state index contributed by atoms with van der Waals surface area (Å²) in [5.74, 6) is 0. The van der Waals surface area contributed by atoms with E-state index in [4.69, 9.17) is 5.14 Å². The molecule has 108 valence electrons. The Bertz CT molecular complexity index is 503. The highest BCUT2D eigenvalue weighted by atomic mass is 32.2. The van der Waals surface area contributed by atoms with Crippen LogP contribution in [0.3, 0.4) is 0 Å². The molecule has 0 saturated heterocycles. The van der Waals surface area contributed by atoms with Crippen LogP contribution in [-0.4, -0.2) is 14.8 Å². The number of imidazole rings is 1. The van der Waals surface area contributed by atoms with Crippen molar-refractivity contribution in [1.29, 1.82) is 0 Å². The third-order valence-electron chi connectivity index (χ3n) is 3.48. The van der Waals surface area contributed by atoms with Crippen molar-refractivity contribution in [2.45, 2.75) is 44.4 Å². The van der Waals surface area contributed by atoms with Crippen LogP contribution in [0.25, 0.3) is 11.3 Å². The Morgan fingerprint density at radius 1 is 1.25 bits per heavy atom. The predicted octanol–water partition coefficient (Wildman–Crippen LogP) is 4.28. The van der Waals surface area contributed by atoms with E-state index in [1.54, 1.807) is 0 Å². The number of nitrogens with two attached hydrogens (primary N) is 1. The molecule has 0 amide bonds. The molecule has 1 saturated carbocycles. The maximum absolute atomic E-state index is 5.09. The summed E-state index contributed by atoms with van der Waals surface area (Å²) in [5.41, 5.74) is 2.52. The van der Waals surface area contributed by atoms with E-state index in [-0.39, 0.29) is 0 Å². The maximum atomic E-state index is 5.09. The van der Waals surface area contributed by atoms with Gasteiger partial charge in [0.05, 0.1) is 18.2 Å². The highest BCUT2D eigenvalue weighted by molar-refractivity contribution is 7.97. The third-order valence-corrected chi connectivity index (χ3v) is 4.02. The first-order valence-corrected chi connectivity index (χ1v) is 8.09. The predicted molar refractivity (Wildman–Crippen MR) is 87.5 cm³/mol. The van der Waals surface area contributed by atoms with Crippen molar-refractivity contribution in [3.05, 3.63) is 42.9 Å². The lowest BCUT2D eigenvalue weighted by molar-refractivity contribution is 0.316. The minimum atomic E-state index is 0.579. The van der Waals surface area contributed by atoms with Crippen LogP contribution >= 0.6 is 11.9 Å². The van der Waals surface area contributed by atoms with Gasteiger partial charge in [-0.2, -0.15) is 0 Å². The minimum Gasteiger partial charge on any atom is -0.328 e. The Morgan fingerprint density at radius 2 is 1.90 bits per heavy atom. The van der Waals surface area contributed by atoms with E-state index in [1.807, 2.05) is 18.6 Å². The average Bonchev–Trinajstić information content (AvgIpc) is 2.87. The Labute approximate surface area is 125 Å². The molecule has 1 aliphatic rings. The topological polar surface area (TPSA) is 43.8 Å². The molecule has 0 spiro atoms. The molecule has 3 rings (SSSR count). The summed E-state index contributed by atoms with van der Waals surface area (Å²) in [6, 6.07) is 11.2. The van der Waals surface area contributed by atoms with Gasteiger partial charge in [-0.15, -0.1) is 0 Å². The summed E-state index contributed by atoms with van der Waals surface area (Å²) in [4.78, 5) is 4.26. The summed E-state index contributed by atoms with van der Waals surface area (Å²) in [6.07, 6.45) is 7.89. The molecule has 0 atom stereocenters. The number of nitrogens with zero attached hydrogens (tertiary/aromatic N) is 2. The van der Waals surface area contributed by atoms with Gasteiger partial charge in [0.15, 0.2) is 0 Å². The quantitative estimate of drug-likeness (QED) is 0.858. The number of hydrogen-bond donors (Lipinski definition) is 1. The van der Waals surface area contributed by atoms with Gasteiger partial charge in [-0.05, 0) is 24.8 Å². The summed E-state index contributed by atoms with van der Waals surface area (Å²) in [5, 5.41) is 5.67. The van der Waals surface area contributed by atoms with E-state index in [0.717, 1.165) is 0 Å². The van der Waals surface area contributed by atoms with E-state index in [0.29, 0.717) is 11.3 Å². The largest absolute Gasteiger partial charge is 0.328 e. The summed E-state index contributed by atoms with van der Waals surface area (Å²) < 4.78 is 2.32. The van der Waals surface area contributed by atoms with Gasteiger partial charge in [0, 0.05) is 11.3 Å². The Kier molecular flexibility index (Phi) is 5.68. The van der Waals surface area contributed by atoms with E-state index >= 15 is 0 Å². The van der Waals surface area contributed by atoms with Gasteiger partial charge < -0.3 is 4.57 Å². The van der Waals surface area contributed by atoms with Crippen LogP contribution in [0.2, 0.25) is 0 Å². The van der Waals surface area contributed by atoms with Crippen molar-refractivity contribution in [1.82, 2.24) is 9.55 Å². The first-order valence-electron chi connectivity index (χ1n) is 7.15. The van der Waals surface area contributed by atoms with Crippen LogP contribution in [0, 0.1) is 0 Å². The first-order chi connectivity index (χ1) is 9.72. The molecule has 0 aliphatic heterocycles. The zero-order valence-corrected chi connectivity index (χ0v) is 13.0. The van der Waals surface area contributed by atoms with Crippen molar-refractivity contribution in [3.63, 3.8) is 0 Å². The SMILES string of the molecule is CC(C)SN.c1ccc(-c2cncn2C2CCC2)cc1. The van der Waals surface area contributed by atoms with Crippen LogP contribution < -0.4 is 5.14 Å². The molecular formula is C16H23N3S. The van der Waals surface area contributed by atoms with Gasteiger partial charge in [-0.25, -0.2) is 4.98 Å². The highest BCUT2D eigenvalue weighted by Gasteiger charge is 2.21. The monoisotopic (exact) mass is 289 g/mol. The fourth-order valence-corrected chi connectivity index (χ4v) is 2.09. The average molecular weight is 289 g/mol. The molecule has 1 aliphatic carbocycles. The second kappa shape index (κ2) is 7.50. The molecule has 1 aromatic carbocycles. The molecule has 3 nitrogen and oxygen atoms in total. The molecule has 2 N–H and O–H groups in total. The second-order valence-electron chi connectivity index (χ2n) is 5.32. The molecule has 0 unspecified atom stereocenters. The Balaban J connectivity index is 0.000000257. The minimum absolute atomic E-state index is 0.579. The lowest BCUT2D eigenvalue weighted by Gasteiger charge is -2.28. The lowest BCUT2D eigenvalue weighted by Crippen LogP contribution is -2.16. The van der Waals surface area contributed by atoms with E-state index < -0.39 is 0 Å².